The van der Waals surface area contributed by atoms with Crippen molar-refractivity contribution in [1.29, 1.82) is 0 Å². The molecule has 0 aromatic rings. The minimum absolute atomic E-state index is 0.0343. The summed E-state index contributed by atoms with van der Waals surface area (Å²) in [6, 6.07) is -0.659. The molecule has 0 saturated carbocycles. The van der Waals surface area contributed by atoms with Crippen LogP contribution in [0.3, 0.4) is 0 Å². The second-order valence-corrected chi connectivity index (χ2v) is 18.5. The third-order valence-electron chi connectivity index (χ3n) is 12.6. The summed E-state index contributed by atoms with van der Waals surface area (Å²) in [6.45, 7) is 4.30. The van der Waals surface area contributed by atoms with E-state index in [0.29, 0.717) is 12.8 Å². The number of unbranched alkanes of at least 4 members (excludes halogenated alkanes) is 38. The van der Waals surface area contributed by atoms with Crippen LogP contribution < -0.4 is 5.32 Å². The first-order valence-corrected chi connectivity index (χ1v) is 26.5. The predicted molar refractivity (Wildman–Crippen MR) is 255 cm³/mol. The Labute approximate surface area is 363 Å². The van der Waals surface area contributed by atoms with Gasteiger partial charge in [0.25, 0.3) is 0 Å². The van der Waals surface area contributed by atoms with E-state index in [-0.39, 0.29) is 18.9 Å². The minimum atomic E-state index is -0.750. The van der Waals surface area contributed by atoms with E-state index in [1.807, 2.05) is 0 Å². The smallest absolute Gasteiger partial charge is 0.222 e. The highest BCUT2D eigenvalue weighted by atomic mass is 16.3. The Morgan fingerprint density at radius 1 is 0.414 bits per heavy atom. The number of carbonyl (C=O) groups excluding carboxylic acids is 1. The highest BCUT2D eigenvalue weighted by Gasteiger charge is 2.21. The van der Waals surface area contributed by atoms with Crippen LogP contribution in [0.15, 0.2) is 12.2 Å². The van der Waals surface area contributed by atoms with Crippen molar-refractivity contribution >= 4 is 5.91 Å². The third kappa shape index (κ3) is 44.6. The molecule has 5 heteroatoms. The molecule has 0 aliphatic carbocycles. The van der Waals surface area contributed by atoms with Gasteiger partial charge in [0.1, 0.15) is 0 Å². The number of nitrogens with one attached hydrogen (secondary N) is 1. The van der Waals surface area contributed by atoms with Crippen LogP contribution >= 0.6 is 0 Å². The Kier molecular flexibility index (Phi) is 48.0. The molecule has 58 heavy (non-hydrogen) atoms. The molecule has 3 unspecified atom stereocenters. The zero-order valence-electron chi connectivity index (χ0n) is 39.5. The van der Waals surface area contributed by atoms with Crippen LogP contribution in [-0.2, 0) is 4.79 Å². The van der Waals surface area contributed by atoms with Crippen molar-refractivity contribution in [3.05, 3.63) is 12.2 Å². The van der Waals surface area contributed by atoms with Gasteiger partial charge in [0.15, 0.2) is 0 Å². The number of rotatable bonds is 49. The normalized spacial score (nSPS) is 13.4. The van der Waals surface area contributed by atoms with Gasteiger partial charge in [0.2, 0.25) is 5.91 Å². The summed E-state index contributed by atoms with van der Waals surface area (Å²) in [4.78, 5) is 12.5. The number of aliphatic hydroxyl groups excluding tert-OH is 3. The van der Waals surface area contributed by atoms with Crippen LogP contribution in [0.4, 0.5) is 0 Å². The van der Waals surface area contributed by atoms with Crippen molar-refractivity contribution in [3.8, 4) is 0 Å². The second kappa shape index (κ2) is 48.8. The zero-order chi connectivity index (χ0) is 42.3. The van der Waals surface area contributed by atoms with Crippen LogP contribution in [-0.4, -0.2) is 46.1 Å². The zero-order valence-corrected chi connectivity index (χ0v) is 39.5. The fourth-order valence-electron chi connectivity index (χ4n) is 8.52. The van der Waals surface area contributed by atoms with Crippen LogP contribution in [0.5, 0.6) is 0 Å². The SMILES string of the molecule is CCCCCCCCCCCCC/C=C\CCCCCCCC(O)CC(=O)NC(CO)C(O)CCCCCCCCCCCCCCCCCCCCCCCCC. The Bertz CT molecular complexity index is 818. The maximum Gasteiger partial charge on any atom is 0.222 e. The lowest BCUT2D eigenvalue weighted by atomic mass is 10.0. The van der Waals surface area contributed by atoms with Crippen LogP contribution in [0, 0.1) is 0 Å². The fourth-order valence-corrected chi connectivity index (χ4v) is 8.52. The maximum absolute atomic E-state index is 12.5. The molecular weight excluding hydrogens is 715 g/mol. The van der Waals surface area contributed by atoms with Gasteiger partial charge >= 0.3 is 0 Å². The van der Waals surface area contributed by atoms with Crippen LogP contribution in [0.2, 0.25) is 0 Å². The summed E-state index contributed by atoms with van der Waals surface area (Å²) in [7, 11) is 0. The van der Waals surface area contributed by atoms with Gasteiger partial charge in [-0.1, -0.05) is 264 Å². The number of hydrogen-bond donors (Lipinski definition) is 4. The summed E-state index contributed by atoms with van der Waals surface area (Å²) in [5.41, 5.74) is 0. The predicted octanol–water partition coefficient (Wildman–Crippen LogP) is 15.9. The molecule has 5 nitrogen and oxygen atoms in total. The molecule has 0 bridgehead atoms. The second-order valence-electron chi connectivity index (χ2n) is 18.5. The van der Waals surface area contributed by atoms with Gasteiger partial charge < -0.3 is 20.6 Å². The van der Waals surface area contributed by atoms with Crippen molar-refractivity contribution in [2.75, 3.05) is 6.61 Å². The molecule has 0 heterocycles. The Morgan fingerprint density at radius 2 is 0.690 bits per heavy atom. The van der Waals surface area contributed by atoms with E-state index in [1.165, 1.54) is 238 Å². The van der Waals surface area contributed by atoms with E-state index >= 15 is 0 Å². The summed E-state index contributed by atoms with van der Waals surface area (Å²) < 4.78 is 0. The van der Waals surface area contributed by atoms with Crippen molar-refractivity contribution in [2.45, 2.75) is 315 Å². The lowest BCUT2D eigenvalue weighted by Gasteiger charge is -2.23. The van der Waals surface area contributed by atoms with E-state index in [0.717, 1.165) is 25.7 Å². The molecule has 0 saturated heterocycles. The number of hydrogen-bond acceptors (Lipinski definition) is 4. The van der Waals surface area contributed by atoms with E-state index < -0.39 is 18.2 Å². The van der Waals surface area contributed by atoms with Crippen molar-refractivity contribution in [1.82, 2.24) is 5.32 Å². The van der Waals surface area contributed by atoms with E-state index in [4.69, 9.17) is 0 Å². The summed E-state index contributed by atoms with van der Waals surface area (Å²) in [5.74, 6) is -0.283. The fraction of sp³-hybridized carbons (Fsp3) is 0.943. The van der Waals surface area contributed by atoms with Gasteiger partial charge in [0, 0.05) is 0 Å². The van der Waals surface area contributed by atoms with Crippen LogP contribution in [0.25, 0.3) is 0 Å². The Morgan fingerprint density at radius 3 is 1.00 bits per heavy atom. The summed E-state index contributed by atoms with van der Waals surface area (Å²) in [6.07, 6.45) is 59.2. The van der Waals surface area contributed by atoms with Crippen molar-refractivity contribution in [3.63, 3.8) is 0 Å². The summed E-state index contributed by atoms with van der Waals surface area (Å²) >= 11 is 0. The first-order valence-electron chi connectivity index (χ1n) is 26.5. The third-order valence-corrected chi connectivity index (χ3v) is 12.6. The summed E-state index contributed by atoms with van der Waals surface area (Å²) in [5, 5.41) is 33.6. The van der Waals surface area contributed by atoms with Crippen molar-refractivity contribution < 1.29 is 20.1 Å². The lowest BCUT2D eigenvalue weighted by Crippen LogP contribution is -2.46. The molecule has 0 radical (unpaired) electrons. The molecule has 0 spiro atoms. The molecule has 0 aliphatic heterocycles. The van der Waals surface area contributed by atoms with E-state index in [1.54, 1.807) is 0 Å². The first kappa shape index (κ1) is 57.1. The van der Waals surface area contributed by atoms with Gasteiger partial charge in [-0.3, -0.25) is 4.79 Å². The first-order chi connectivity index (χ1) is 28.5. The monoisotopic (exact) mass is 820 g/mol. The molecule has 1 amide bonds. The molecule has 3 atom stereocenters. The molecule has 0 fully saturated rings. The average Bonchev–Trinajstić information content (AvgIpc) is 3.22. The highest BCUT2D eigenvalue weighted by molar-refractivity contribution is 5.76. The molecule has 0 aromatic heterocycles. The number of allylic oxidation sites excluding steroid dienone is 2. The number of aliphatic hydroxyl groups is 3. The molecule has 346 valence electrons. The van der Waals surface area contributed by atoms with Gasteiger partial charge in [-0.05, 0) is 38.5 Å². The molecular formula is C53H105NO4. The standard InChI is InChI=1S/C53H105NO4/c1-3-5-7-9-11-13-15-17-19-21-23-25-26-27-29-31-33-35-37-39-41-43-45-47-52(57)51(49-55)54-53(58)48-50(56)46-44-42-40-38-36-34-32-30-28-24-22-20-18-16-14-12-10-8-6-4-2/h30,32,50-52,55-57H,3-29,31,33-49H2,1-2H3,(H,54,58)/b32-30-. The van der Waals surface area contributed by atoms with Crippen LogP contribution in [0.1, 0.15) is 296 Å². The van der Waals surface area contributed by atoms with Gasteiger partial charge in [-0.15, -0.1) is 0 Å². The number of carbonyl (C=O) groups is 1. The highest BCUT2D eigenvalue weighted by Crippen LogP contribution is 2.17. The maximum atomic E-state index is 12.5. The van der Waals surface area contributed by atoms with Gasteiger partial charge in [-0.25, -0.2) is 0 Å². The van der Waals surface area contributed by atoms with Gasteiger partial charge in [0.05, 0.1) is 31.3 Å². The van der Waals surface area contributed by atoms with E-state index in [2.05, 4.69) is 31.3 Å². The largest absolute Gasteiger partial charge is 0.394 e. The average molecular weight is 820 g/mol. The molecule has 4 N–H and O–H groups in total. The Balaban J connectivity index is 3.55. The lowest BCUT2D eigenvalue weighted by molar-refractivity contribution is -0.125. The Hall–Kier alpha value is -0.910. The molecule has 0 aromatic carbocycles. The van der Waals surface area contributed by atoms with Gasteiger partial charge in [-0.2, -0.15) is 0 Å². The molecule has 0 rings (SSSR count). The van der Waals surface area contributed by atoms with E-state index in [9.17, 15) is 20.1 Å². The number of amides is 1. The van der Waals surface area contributed by atoms with Crippen molar-refractivity contribution in [2.24, 2.45) is 0 Å². The molecule has 0 aliphatic rings. The minimum Gasteiger partial charge on any atom is -0.394 e. The topological polar surface area (TPSA) is 89.8 Å². The quantitative estimate of drug-likeness (QED) is 0.0364.